The van der Waals surface area contributed by atoms with E-state index in [1.807, 2.05) is 32.0 Å². The second-order valence-electron chi connectivity index (χ2n) is 7.77. The summed E-state index contributed by atoms with van der Waals surface area (Å²) in [6.45, 7) is 5.70. The van der Waals surface area contributed by atoms with Crippen LogP contribution in [0.15, 0.2) is 47.4 Å². The van der Waals surface area contributed by atoms with Crippen molar-refractivity contribution in [3.63, 3.8) is 0 Å². The first-order valence-corrected chi connectivity index (χ1v) is 10.1. The molecule has 1 aliphatic heterocycles. The Morgan fingerprint density at radius 2 is 1.91 bits per heavy atom. The van der Waals surface area contributed by atoms with Crippen LogP contribution in [0.2, 0.25) is 0 Å². The lowest BCUT2D eigenvalue weighted by atomic mass is 10.1. The number of hydrogen-bond donors (Lipinski definition) is 1. The fourth-order valence-corrected chi connectivity index (χ4v) is 3.87. The number of fused-ring (bicyclic) bond motifs is 2. The third-order valence-corrected chi connectivity index (χ3v) is 5.40. The van der Waals surface area contributed by atoms with E-state index in [2.05, 4.69) is 15.5 Å². The van der Waals surface area contributed by atoms with Crippen LogP contribution in [0, 0.1) is 20.8 Å². The molecular formula is C23H21N5O4. The van der Waals surface area contributed by atoms with E-state index in [9.17, 15) is 9.59 Å². The summed E-state index contributed by atoms with van der Waals surface area (Å²) in [6.07, 6.45) is 1.63. The van der Waals surface area contributed by atoms with Gasteiger partial charge in [0.15, 0.2) is 11.5 Å². The van der Waals surface area contributed by atoms with Crippen molar-refractivity contribution in [2.24, 2.45) is 0 Å². The van der Waals surface area contributed by atoms with Crippen molar-refractivity contribution in [1.29, 1.82) is 0 Å². The van der Waals surface area contributed by atoms with Crippen LogP contribution in [0.1, 0.15) is 16.8 Å². The Kier molecular flexibility index (Phi) is 4.66. The van der Waals surface area contributed by atoms with E-state index in [0.29, 0.717) is 33.8 Å². The quantitative estimate of drug-likeness (QED) is 0.533. The second-order valence-corrected chi connectivity index (χ2v) is 7.77. The molecule has 0 unspecified atom stereocenters. The smallest absolute Gasteiger partial charge is 0.293 e. The van der Waals surface area contributed by atoms with Crippen molar-refractivity contribution >= 4 is 22.5 Å². The highest BCUT2D eigenvalue weighted by molar-refractivity contribution is 5.91. The van der Waals surface area contributed by atoms with Gasteiger partial charge in [0.25, 0.3) is 5.56 Å². The number of rotatable bonds is 4. The number of carbonyl (C=O) groups is 1. The third-order valence-electron chi connectivity index (χ3n) is 5.40. The van der Waals surface area contributed by atoms with Gasteiger partial charge >= 0.3 is 0 Å². The molecule has 0 bridgehead atoms. The first-order chi connectivity index (χ1) is 15.4. The molecule has 2 aromatic carbocycles. The minimum absolute atomic E-state index is 0.152. The van der Waals surface area contributed by atoms with Crippen LogP contribution >= 0.6 is 0 Å². The number of carbonyl (C=O) groups excluding carboxylic acids is 1. The van der Waals surface area contributed by atoms with Crippen LogP contribution in [0.4, 0.5) is 5.69 Å². The van der Waals surface area contributed by atoms with Crippen molar-refractivity contribution in [3.05, 3.63) is 69.8 Å². The molecule has 0 saturated carbocycles. The monoisotopic (exact) mass is 431 g/mol. The Hall–Kier alpha value is -4.14. The van der Waals surface area contributed by atoms with Gasteiger partial charge in [0.1, 0.15) is 12.1 Å². The molecule has 0 radical (unpaired) electrons. The minimum atomic E-state index is -0.385. The molecule has 1 N–H and O–H groups in total. The molecule has 0 aliphatic carbocycles. The number of amides is 1. The maximum Gasteiger partial charge on any atom is 0.293 e. The van der Waals surface area contributed by atoms with Crippen LogP contribution in [-0.2, 0) is 11.3 Å². The zero-order valence-electron chi connectivity index (χ0n) is 17.9. The van der Waals surface area contributed by atoms with Crippen LogP contribution in [0.25, 0.3) is 16.6 Å². The molecule has 0 fully saturated rings. The van der Waals surface area contributed by atoms with E-state index in [0.717, 1.165) is 16.8 Å². The van der Waals surface area contributed by atoms with Crippen molar-refractivity contribution < 1.29 is 14.3 Å². The Labute approximate surface area is 183 Å². The Morgan fingerprint density at radius 3 is 2.72 bits per heavy atom. The van der Waals surface area contributed by atoms with Crippen LogP contribution in [-0.4, -0.2) is 32.3 Å². The average molecular weight is 431 g/mol. The molecule has 2 aromatic heterocycles. The number of benzene rings is 2. The molecule has 9 heteroatoms. The van der Waals surface area contributed by atoms with Gasteiger partial charge in [-0.3, -0.25) is 9.59 Å². The van der Waals surface area contributed by atoms with Gasteiger partial charge in [-0.1, -0.05) is 17.7 Å². The summed E-state index contributed by atoms with van der Waals surface area (Å²) in [5, 5.41) is 12.2. The van der Waals surface area contributed by atoms with E-state index in [1.54, 1.807) is 36.0 Å². The summed E-state index contributed by atoms with van der Waals surface area (Å²) in [7, 11) is 0. The molecule has 162 valence electrons. The van der Waals surface area contributed by atoms with Crippen LogP contribution in [0.5, 0.6) is 11.5 Å². The normalized spacial score (nSPS) is 12.3. The van der Waals surface area contributed by atoms with Gasteiger partial charge in [0, 0.05) is 17.1 Å². The average Bonchev–Trinajstić information content (AvgIpc) is 3.39. The minimum Gasteiger partial charge on any atom is -0.454 e. The molecule has 0 spiro atoms. The molecule has 5 rings (SSSR count). The molecule has 1 amide bonds. The van der Waals surface area contributed by atoms with Gasteiger partial charge in [-0.15, -0.1) is 0 Å². The predicted octanol–water partition coefficient (Wildman–Crippen LogP) is 2.87. The number of aromatic nitrogens is 4. The summed E-state index contributed by atoms with van der Waals surface area (Å²) in [5.41, 5.74) is 4.10. The fraction of sp³-hybridized carbons (Fsp3) is 0.217. The zero-order chi connectivity index (χ0) is 22.4. The number of aryl methyl sites for hydroxylation is 3. The van der Waals surface area contributed by atoms with Crippen molar-refractivity contribution in [1.82, 2.24) is 19.6 Å². The molecule has 0 saturated heterocycles. The number of nitrogens with zero attached hydrogens (tertiary/aromatic N) is 4. The molecule has 1 aliphatic rings. The molecular weight excluding hydrogens is 410 g/mol. The maximum absolute atomic E-state index is 13.3. The van der Waals surface area contributed by atoms with E-state index < -0.39 is 0 Å². The molecule has 32 heavy (non-hydrogen) atoms. The highest BCUT2D eigenvalue weighted by Crippen LogP contribution is 2.34. The van der Waals surface area contributed by atoms with Gasteiger partial charge in [-0.2, -0.15) is 10.2 Å². The largest absolute Gasteiger partial charge is 0.454 e. The van der Waals surface area contributed by atoms with Gasteiger partial charge in [-0.25, -0.2) is 9.36 Å². The highest BCUT2D eigenvalue weighted by atomic mass is 16.7. The summed E-state index contributed by atoms with van der Waals surface area (Å²) in [6, 6.07) is 11.1. The molecule has 3 heterocycles. The lowest BCUT2D eigenvalue weighted by molar-refractivity contribution is -0.117. The van der Waals surface area contributed by atoms with Crippen LogP contribution in [0.3, 0.4) is 0 Å². The first kappa shape index (κ1) is 19.8. The van der Waals surface area contributed by atoms with Crippen molar-refractivity contribution in [2.75, 3.05) is 12.1 Å². The summed E-state index contributed by atoms with van der Waals surface area (Å²) in [5.74, 6) is 0.809. The molecule has 4 aromatic rings. The molecule has 9 nitrogen and oxygen atoms in total. The van der Waals surface area contributed by atoms with E-state index >= 15 is 0 Å². The van der Waals surface area contributed by atoms with Gasteiger partial charge < -0.3 is 14.8 Å². The summed E-state index contributed by atoms with van der Waals surface area (Å²) in [4.78, 5) is 25.9. The highest BCUT2D eigenvalue weighted by Gasteiger charge is 2.18. The fourth-order valence-electron chi connectivity index (χ4n) is 3.87. The summed E-state index contributed by atoms with van der Waals surface area (Å²) >= 11 is 0. The Morgan fingerprint density at radius 1 is 1.09 bits per heavy atom. The van der Waals surface area contributed by atoms with Gasteiger partial charge in [0.2, 0.25) is 12.7 Å². The topological polar surface area (TPSA) is 100 Å². The lowest BCUT2D eigenvalue weighted by Gasteiger charge is -2.11. The molecule has 0 atom stereocenters. The number of hydrogen-bond acceptors (Lipinski definition) is 6. The predicted molar refractivity (Wildman–Crippen MR) is 119 cm³/mol. The number of nitrogens with one attached hydrogen (secondary N) is 1. The third kappa shape index (κ3) is 3.37. The zero-order valence-corrected chi connectivity index (χ0v) is 17.9. The standard InChI is InChI=1S/C23H21N5O4/c1-13-4-6-18(14(2)8-13)28-22-17(10-24-28)15(3)26-27(23(22)30)11-21(29)25-16-5-7-19-20(9-16)32-12-31-19/h4-10H,11-12H2,1-3H3,(H,25,29). The van der Waals surface area contributed by atoms with Crippen molar-refractivity contribution in [3.8, 4) is 17.2 Å². The Bertz CT molecular complexity index is 1440. The van der Waals surface area contributed by atoms with Crippen LogP contribution < -0.4 is 20.3 Å². The van der Waals surface area contributed by atoms with Gasteiger partial charge in [-0.05, 0) is 44.5 Å². The Balaban J connectivity index is 1.48. The number of anilines is 1. The SMILES string of the molecule is Cc1ccc(-n2ncc3c(C)nn(CC(=O)Nc4ccc5c(c4)OCO5)c(=O)c32)c(C)c1. The van der Waals surface area contributed by atoms with E-state index in [4.69, 9.17) is 9.47 Å². The first-order valence-electron chi connectivity index (χ1n) is 10.1. The van der Waals surface area contributed by atoms with Crippen molar-refractivity contribution in [2.45, 2.75) is 27.3 Å². The second kappa shape index (κ2) is 7.52. The number of ether oxygens (including phenoxy) is 2. The van der Waals surface area contributed by atoms with E-state index in [1.165, 1.54) is 4.68 Å². The lowest BCUT2D eigenvalue weighted by Crippen LogP contribution is -2.31. The van der Waals surface area contributed by atoms with E-state index in [-0.39, 0.29) is 24.8 Å². The van der Waals surface area contributed by atoms with Gasteiger partial charge in [0.05, 0.1) is 17.6 Å². The maximum atomic E-state index is 13.3. The summed E-state index contributed by atoms with van der Waals surface area (Å²) < 4.78 is 13.4.